The number of hydrogen-bond acceptors (Lipinski definition) is 15. The van der Waals surface area contributed by atoms with Gasteiger partial charge in [-0.2, -0.15) is 0 Å². The zero-order valence-electron chi connectivity index (χ0n) is 31.4. The van der Waals surface area contributed by atoms with Gasteiger partial charge in [-0.05, 0) is 55.7 Å². The van der Waals surface area contributed by atoms with Crippen molar-refractivity contribution in [1.29, 1.82) is 0 Å². The van der Waals surface area contributed by atoms with E-state index < -0.39 is 68.3 Å². The highest BCUT2D eigenvalue weighted by atomic mass is 16.6. The van der Waals surface area contributed by atoms with Crippen molar-refractivity contribution in [3.63, 3.8) is 0 Å². The van der Waals surface area contributed by atoms with Gasteiger partial charge in [-0.1, -0.05) is 18.2 Å². The maximum absolute atomic E-state index is 12.6. The molecule has 0 saturated carbocycles. The Morgan fingerprint density at radius 2 is 0.914 bits per heavy atom. The monoisotopic (exact) mass is 805 g/mol. The van der Waals surface area contributed by atoms with Crippen LogP contribution in [0.5, 0.6) is 0 Å². The normalized spacial score (nSPS) is 11.9. The standard InChI is InChI=1S/C25H25N3O10.C13H14N2O5/c1-37-24(31)18(15-22(29)16-7-11-19(12-8-16)27(33)34)5-3-4-6-21(25(32)38-2)26-23(30)17-9-13-20(14-10-17)28(35)36;1-3-4-11(13(17)20-2)14-12(16)9-5-7-10(8-6-9)15(18)19/h3-4,7-14,18,21H,5-6,15H2,1-2H3,(H,26,30);3,5-8,11H,1,4H2,2H3,(H,14,16)/t18-,21+;11-/m10/s1. The summed E-state index contributed by atoms with van der Waals surface area (Å²) in [4.78, 5) is 103. The lowest BCUT2D eigenvalue weighted by Crippen LogP contribution is -2.41. The molecule has 20 heteroatoms. The summed E-state index contributed by atoms with van der Waals surface area (Å²) in [7, 11) is 3.54. The third-order valence-corrected chi connectivity index (χ3v) is 7.99. The second-order valence-corrected chi connectivity index (χ2v) is 11.8. The van der Waals surface area contributed by atoms with Crippen LogP contribution >= 0.6 is 0 Å². The van der Waals surface area contributed by atoms with Crippen LogP contribution in [0.25, 0.3) is 0 Å². The number of nitro groups is 3. The van der Waals surface area contributed by atoms with Crippen molar-refractivity contribution in [1.82, 2.24) is 10.6 Å². The number of rotatable bonds is 19. The van der Waals surface area contributed by atoms with Crippen molar-refractivity contribution in [2.24, 2.45) is 5.92 Å². The van der Waals surface area contributed by atoms with Gasteiger partial charge in [0.15, 0.2) is 5.78 Å². The van der Waals surface area contributed by atoms with Crippen molar-refractivity contribution in [3.8, 4) is 0 Å². The Labute approximate surface area is 330 Å². The summed E-state index contributed by atoms with van der Waals surface area (Å²) in [6.45, 7) is 3.49. The van der Waals surface area contributed by atoms with Gasteiger partial charge in [0.25, 0.3) is 28.9 Å². The number of nitro benzene ring substituents is 3. The van der Waals surface area contributed by atoms with Gasteiger partial charge < -0.3 is 24.8 Å². The van der Waals surface area contributed by atoms with Crippen LogP contribution in [-0.4, -0.2) is 83.7 Å². The fraction of sp³-hybridized carbons (Fsp3) is 0.263. The van der Waals surface area contributed by atoms with Crippen molar-refractivity contribution in [2.75, 3.05) is 21.3 Å². The first kappa shape index (κ1) is 46.5. The fourth-order valence-corrected chi connectivity index (χ4v) is 4.86. The lowest BCUT2D eigenvalue weighted by Gasteiger charge is -2.15. The summed E-state index contributed by atoms with van der Waals surface area (Å²) < 4.78 is 14.1. The Morgan fingerprint density at radius 1 is 0.569 bits per heavy atom. The number of amides is 2. The van der Waals surface area contributed by atoms with Crippen LogP contribution in [0.4, 0.5) is 17.1 Å². The minimum Gasteiger partial charge on any atom is -0.469 e. The van der Waals surface area contributed by atoms with Crippen molar-refractivity contribution < 1.29 is 57.7 Å². The summed E-state index contributed by atoms with van der Waals surface area (Å²) in [5.41, 5.74) is 0.0407. The third-order valence-electron chi connectivity index (χ3n) is 7.99. The maximum Gasteiger partial charge on any atom is 0.328 e. The lowest BCUT2D eigenvalue weighted by molar-refractivity contribution is -0.385. The minimum absolute atomic E-state index is 0.00438. The topological polar surface area (TPSA) is 284 Å². The minimum atomic E-state index is -1.09. The van der Waals surface area contributed by atoms with E-state index in [-0.39, 0.29) is 59.4 Å². The van der Waals surface area contributed by atoms with Gasteiger partial charge in [-0.15, -0.1) is 6.58 Å². The number of benzene rings is 3. The first-order valence-corrected chi connectivity index (χ1v) is 16.9. The molecular weight excluding hydrogens is 766 g/mol. The van der Waals surface area contributed by atoms with E-state index in [0.29, 0.717) is 0 Å². The van der Waals surface area contributed by atoms with Crippen molar-refractivity contribution in [3.05, 3.63) is 145 Å². The Morgan fingerprint density at radius 3 is 1.26 bits per heavy atom. The Balaban J connectivity index is 0.000000487. The van der Waals surface area contributed by atoms with E-state index in [2.05, 4.69) is 21.9 Å². The predicted octanol–water partition coefficient (Wildman–Crippen LogP) is 4.62. The van der Waals surface area contributed by atoms with Crippen molar-refractivity contribution >= 4 is 52.6 Å². The molecule has 3 rings (SSSR count). The quantitative estimate of drug-likeness (QED) is 0.0417. The number of hydrogen-bond donors (Lipinski definition) is 2. The molecule has 0 aliphatic carbocycles. The van der Waals surface area contributed by atoms with Crippen LogP contribution in [0.2, 0.25) is 0 Å². The van der Waals surface area contributed by atoms with Gasteiger partial charge in [-0.25, -0.2) is 9.59 Å². The van der Waals surface area contributed by atoms with Gasteiger partial charge in [-0.3, -0.25) is 49.5 Å². The number of methoxy groups -OCH3 is 3. The average Bonchev–Trinajstić information content (AvgIpc) is 3.23. The molecule has 0 spiro atoms. The van der Waals surface area contributed by atoms with Gasteiger partial charge in [0.1, 0.15) is 12.1 Å². The highest BCUT2D eigenvalue weighted by molar-refractivity contribution is 5.99. The van der Waals surface area contributed by atoms with Crippen LogP contribution in [0.15, 0.2) is 97.6 Å². The molecule has 20 nitrogen and oxygen atoms in total. The number of ether oxygens (including phenoxy) is 3. The van der Waals surface area contributed by atoms with Gasteiger partial charge >= 0.3 is 17.9 Å². The summed E-state index contributed by atoms with van der Waals surface area (Å²) in [6, 6.07) is 13.0. The molecule has 2 N–H and O–H groups in total. The SMILES string of the molecule is C=CC[C@H](NC(=O)c1ccc([N+](=O)[O-])cc1)C(=O)OC.COC(=O)[C@H](CC=CC[C@H](NC(=O)c1ccc([N+](=O)[O-])cc1)C(=O)OC)CC(=O)c1ccc([N+](=O)[O-])cc1. The van der Waals surface area contributed by atoms with Crippen LogP contribution in [0.1, 0.15) is 56.8 Å². The Hall–Kier alpha value is -7.64. The Kier molecular flexibility index (Phi) is 18.7. The summed E-state index contributed by atoms with van der Waals surface area (Å²) in [5, 5.41) is 37.0. The second-order valence-electron chi connectivity index (χ2n) is 11.8. The molecule has 3 aromatic rings. The zero-order valence-corrected chi connectivity index (χ0v) is 31.4. The molecule has 0 radical (unpaired) electrons. The second kappa shape index (κ2) is 23.3. The molecule has 0 fully saturated rings. The fourth-order valence-electron chi connectivity index (χ4n) is 4.86. The highest BCUT2D eigenvalue weighted by Crippen LogP contribution is 2.19. The first-order chi connectivity index (χ1) is 27.6. The number of nitrogens with zero attached hydrogens (tertiary/aromatic N) is 3. The molecule has 0 aromatic heterocycles. The summed E-state index contributed by atoms with van der Waals surface area (Å²) >= 11 is 0. The van der Waals surface area contributed by atoms with E-state index in [4.69, 9.17) is 9.47 Å². The molecule has 58 heavy (non-hydrogen) atoms. The predicted molar refractivity (Wildman–Crippen MR) is 203 cm³/mol. The van der Waals surface area contributed by atoms with E-state index in [1.165, 1.54) is 87.0 Å². The molecule has 3 aromatic carbocycles. The number of carbonyl (C=O) groups is 6. The molecular formula is C38H39N5O15. The molecule has 0 aliphatic heterocycles. The number of nitrogens with one attached hydrogen (secondary N) is 2. The smallest absolute Gasteiger partial charge is 0.328 e. The van der Waals surface area contributed by atoms with E-state index in [1.807, 2.05) is 0 Å². The maximum atomic E-state index is 12.6. The van der Waals surface area contributed by atoms with Gasteiger partial charge in [0, 0.05) is 59.5 Å². The molecule has 0 saturated heterocycles. The molecule has 306 valence electrons. The van der Waals surface area contributed by atoms with E-state index in [1.54, 1.807) is 6.08 Å². The third kappa shape index (κ3) is 14.5. The van der Waals surface area contributed by atoms with Gasteiger partial charge in [0.2, 0.25) is 0 Å². The van der Waals surface area contributed by atoms with Crippen LogP contribution in [-0.2, 0) is 28.6 Å². The van der Waals surface area contributed by atoms with Crippen LogP contribution in [0.3, 0.4) is 0 Å². The Bertz CT molecular complexity index is 1920. The largest absolute Gasteiger partial charge is 0.469 e. The number of esters is 3. The molecule has 3 atom stereocenters. The highest BCUT2D eigenvalue weighted by Gasteiger charge is 2.25. The molecule has 2 amide bonds. The molecule has 0 heterocycles. The van der Waals surface area contributed by atoms with Gasteiger partial charge in [0.05, 0.1) is 42.0 Å². The number of carbonyl (C=O) groups excluding carboxylic acids is 6. The molecule has 0 unspecified atom stereocenters. The number of Topliss-reactive ketones (excluding diaryl/α,β-unsaturated/α-hetero) is 1. The van der Waals surface area contributed by atoms with Crippen LogP contribution < -0.4 is 10.6 Å². The number of non-ortho nitro benzene ring substituents is 3. The summed E-state index contributed by atoms with van der Waals surface area (Å²) in [6.07, 6.45) is 4.66. The zero-order chi connectivity index (χ0) is 43.4. The van der Waals surface area contributed by atoms with E-state index in [9.17, 15) is 59.1 Å². The lowest BCUT2D eigenvalue weighted by atomic mass is 9.95. The summed E-state index contributed by atoms with van der Waals surface area (Å²) in [5.74, 6) is -4.39. The van der Waals surface area contributed by atoms with E-state index >= 15 is 0 Å². The number of allylic oxidation sites excluding steroid dienone is 1. The average molecular weight is 806 g/mol. The molecule has 0 aliphatic rings. The molecule has 0 bridgehead atoms. The first-order valence-electron chi connectivity index (χ1n) is 16.9. The van der Waals surface area contributed by atoms with E-state index in [0.717, 1.165) is 19.2 Å². The number of ketones is 1. The van der Waals surface area contributed by atoms with Crippen molar-refractivity contribution in [2.45, 2.75) is 37.8 Å². The van der Waals surface area contributed by atoms with Crippen LogP contribution in [0, 0.1) is 36.3 Å².